The van der Waals surface area contributed by atoms with Crippen LogP contribution in [0.15, 0.2) is 30.5 Å². The number of nitrogens with zero attached hydrogens (tertiary/aromatic N) is 1. The molecule has 4 heteroatoms. The maximum Gasteiger partial charge on any atom is 0.149 e. The zero-order chi connectivity index (χ0) is 13.2. The molecule has 0 saturated heterocycles. The van der Waals surface area contributed by atoms with Gasteiger partial charge in [-0.1, -0.05) is 23.7 Å². The van der Waals surface area contributed by atoms with Crippen LogP contribution >= 0.6 is 11.6 Å². The van der Waals surface area contributed by atoms with Crippen molar-refractivity contribution in [3.05, 3.63) is 46.6 Å². The summed E-state index contributed by atoms with van der Waals surface area (Å²) < 4.78 is 0. The Kier molecular flexibility index (Phi) is 3.30. The molecule has 1 heterocycles. The van der Waals surface area contributed by atoms with Gasteiger partial charge in [-0.3, -0.25) is 0 Å². The van der Waals surface area contributed by atoms with E-state index in [4.69, 9.17) is 17.3 Å². The minimum Gasteiger partial charge on any atom is -0.397 e. The van der Waals surface area contributed by atoms with Crippen molar-refractivity contribution in [3.63, 3.8) is 0 Å². The van der Waals surface area contributed by atoms with Crippen LogP contribution in [0.5, 0.6) is 0 Å². The van der Waals surface area contributed by atoms with E-state index in [9.17, 15) is 0 Å². The lowest BCUT2D eigenvalue weighted by Gasteiger charge is -2.20. The van der Waals surface area contributed by atoms with Gasteiger partial charge in [-0.15, -0.1) is 0 Å². The average molecular weight is 274 g/mol. The predicted octanol–water partition coefficient (Wildman–Crippen LogP) is 3.94. The molecule has 0 radical (unpaired) electrons. The predicted molar refractivity (Wildman–Crippen MR) is 80.0 cm³/mol. The maximum atomic E-state index is 6.16. The molecular formula is C15H16ClN3. The molecule has 0 amide bonds. The summed E-state index contributed by atoms with van der Waals surface area (Å²) >= 11 is 6.16. The zero-order valence-corrected chi connectivity index (χ0v) is 11.4. The highest BCUT2D eigenvalue weighted by Gasteiger charge is 2.13. The maximum absolute atomic E-state index is 6.16. The third-order valence-corrected chi connectivity index (χ3v) is 3.80. The summed E-state index contributed by atoms with van der Waals surface area (Å²) in [6.45, 7) is 0. The first kappa shape index (κ1) is 12.3. The smallest absolute Gasteiger partial charge is 0.149 e. The fraction of sp³-hybridized carbons (Fsp3) is 0.267. The number of fused-ring (bicyclic) bond motifs is 1. The van der Waals surface area contributed by atoms with E-state index in [-0.39, 0.29) is 0 Å². The quantitative estimate of drug-likeness (QED) is 0.871. The molecule has 3 N–H and O–H groups in total. The Hall–Kier alpha value is -1.74. The second kappa shape index (κ2) is 5.10. The SMILES string of the molecule is Nc1cnc(Nc2cccc3c2CCCC3)c(Cl)c1. The number of halogens is 1. The molecule has 3 rings (SSSR count). The summed E-state index contributed by atoms with van der Waals surface area (Å²) in [6, 6.07) is 8.08. The van der Waals surface area contributed by atoms with Gasteiger partial charge in [0.1, 0.15) is 5.82 Å². The summed E-state index contributed by atoms with van der Waals surface area (Å²) in [5, 5.41) is 3.88. The van der Waals surface area contributed by atoms with E-state index in [0.29, 0.717) is 16.5 Å². The second-order valence-electron chi connectivity index (χ2n) is 4.87. The van der Waals surface area contributed by atoms with E-state index in [0.717, 1.165) is 18.5 Å². The van der Waals surface area contributed by atoms with Gasteiger partial charge in [-0.25, -0.2) is 4.98 Å². The standard InChI is InChI=1S/C15H16ClN3/c16-13-8-11(17)9-18-15(13)19-14-7-3-5-10-4-1-2-6-12(10)14/h3,5,7-9H,1-2,4,6,17H2,(H,18,19). The van der Waals surface area contributed by atoms with Crippen molar-refractivity contribution in [1.29, 1.82) is 0 Å². The Morgan fingerprint density at radius 1 is 1.21 bits per heavy atom. The summed E-state index contributed by atoms with van der Waals surface area (Å²) in [7, 11) is 0. The molecule has 1 aliphatic carbocycles. The molecule has 0 bridgehead atoms. The number of nitrogen functional groups attached to an aromatic ring is 1. The van der Waals surface area contributed by atoms with Gasteiger partial charge in [0.15, 0.2) is 0 Å². The van der Waals surface area contributed by atoms with Crippen molar-refractivity contribution in [2.24, 2.45) is 0 Å². The lowest BCUT2D eigenvalue weighted by atomic mass is 9.90. The Morgan fingerprint density at radius 2 is 2.05 bits per heavy atom. The molecule has 3 nitrogen and oxygen atoms in total. The third kappa shape index (κ3) is 2.51. The summed E-state index contributed by atoms with van der Waals surface area (Å²) in [5.74, 6) is 0.662. The van der Waals surface area contributed by atoms with Crippen molar-refractivity contribution in [2.45, 2.75) is 25.7 Å². The molecule has 0 aliphatic heterocycles. The summed E-state index contributed by atoms with van der Waals surface area (Å²) in [5.41, 5.74) is 10.2. The normalized spacial score (nSPS) is 13.9. The van der Waals surface area contributed by atoms with Gasteiger partial charge in [-0.05, 0) is 48.9 Å². The van der Waals surface area contributed by atoms with Crippen molar-refractivity contribution in [2.75, 3.05) is 11.1 Å². The number of nitrogens with two attached hydrogens (primary N) is 1. The minimum atomic E-state index is 0.549. The highest BCUT2D eigenvalue weighted by Crippen LogP contribution is 2.31. The molecule has 0 unspecified atom stereocenters. The zero-order valence-electron chi connectivity index (χ0n) is 10.6. The van der Waals surface area contributed by atoms with E-state index in [1.54, 1.807) is 12.3 Å². The van der Waals surface area contributed by atoms with E-state index in [2.05, 4.69) is 28.5 Å². The van der Waals surface area contributed by atoms with E-state index in [1.165, 1.54) is 24.0 Å². The molecular weight excluding hydrogens is 258 g/mol. The van der Waals surface area contributed by atoms with Gasteiger partial charge < -0.3 is 11.1 Å². The van der Waals surface area contributed by atoms with Crippen LogP contribution in [0.2, 0.25) is 5.02 Å². The Bertz CT molecular complexity index is 610. The van der Waals surface area contributed by atoms with Gasteiger partial charge in [0.05, 0.1) is 16.9 Å². The fourth-order valence-corrected chi connectivity index (χ4v) is 2.79. The minimum absolute atomic E-state index is 0.549. The number of aromatic nitrogens is 1. The van der Waals surface area contributed by atoms with E-state index < -0.39 is 0 Å². The van der Waals surface area contributed by atoms with E-state index >= 15 is 0 Å². The largest absolute Gasteiger partial charge is 0.397 e. The molecule has 1 aliphatic rings. The molecule has 0 saturated carbocycles. The van der Waals surface area contributed by atoms with Crippen LogP contribution in [0.25, 0.3) is 0 Å². The van der Waals surface area contributed by atoms with Gasteiger partial charge >= 0.3 is 0 Å². The number of hydrogen-bond acceptors (Lipinski definition) is 3. The molecule has 2 aromatic rings. The first-order valence-corrected chi connectivity index (χ1v) is 6.90. The molecule has 98 valence electrons. The van der Waals surface area contributed by atoms with Crippen molar-refractivity contribution >= 4 is 28.8 Å². The number of pyridine rings is 1. The van der Waals surface area contributed by atoms with Gasteiger partial charge in [0.25, 0.3) is 0 Å². The number of aryl methyl sites for hydroxylation is 1. The molecule has 19 heavy (non-hydrogen) atoms. The third-order valence-electron chi connectivity index (χ3n) is 3.51. The van der Waals surface area contributed by atoms with Crippen LogP contribution in [0, 0.1) is 0 Å². The Balaban J connectivity index is 1.95. The van der Waals surface area contributed by atoms with Crippen molar-refractivity contribution in [3.8, 4) is 0 Å². The van der Waals surface area contributed by atoms with Crippen LogP contribution in [0.3, 0.4) is 0 Å². The highest BCUT2D eigenvalue weighted by atomic mass is 35.5. The number of benzene rings is 1. The van der Waals surface area contributed by atoms with E-state index in [1.807, 2.05) is 0 Å². The monoisotopic (exact) mass is 273 g/mol. The molecule has 1 aromatic carbocycles. The average Bonchev–Trinajstić information content (AvgIpc) is 2.42. The number of nitrogens with one attached hydrogen (secondary N) is 1. The summed E-state index contributed by atoms with van der Waals surface area (Å²) in [6.07, 6.45) is 6.41. The first-order chi connectivity index (χ1) is 9.24. The highest BCUT2D eigenvalue weighted by molar-refractivity contribution is 6.33. The molecule has 0 fully saturated rings. The van der Waals surface area contributed by atoms with Crippen LogP contribution in [0.1, 0.15) is 24.0 Å². The fourth-order valence-electron chi connectivity index (χ4n) is 2.57. The van der Waals surface area contributed by atoms with Crippen molar-refractivity contribution < 1.29 is 0 Å². The molecule has 1 aromatic heterocycles. The Morgan fingerprint density at radius 3 is 2.89 bits per heavy atom. The molecule has 0 atom stereocenters. The second-order valence-corrected chi connectivity index (χ2v) is 5.28. The molecule has 0 spiro atoms. The van der Waals surface area contributed by atoms with Gasteiger partial charge in [0.2, 0.25) is 0 Å². The lowest BCUT2D eigenvalue weighted by Crippen LogP contribution is -2.07. The van der Waals surface area contributed by atoms with Crippen LogP contribution in [-0.2, 0) is 12.8 Å². The van der Waals surface area contributed by atoms with Gasteiger partial charge in [-0.2, -0.15) is 0 Å². The number of rotatable bonds is 2. The Labute approximate surface area is 117 Å². The van der Waals surface area contributed by atoms with Crippen LogP contribution < -0.4 is 11.1 Å². The van der Waals surface area contributed by atoms with Gasteiger partial charge in [0, 0.05) is 5.69 Å². The van der Waals surface area contributed by atoms with Crippen molar-refractivity contribution in [1.82, 2.24) is 4.98 Å². The number of hydrogen-bond donors (Lipinski definition) is 2. The van der Waals surface area contributed by atoms with Crippen LogP contribution in [0.4, 0.5) is 17.2 Å². The first-order valence-electron chi connectivity index (χ1n) is 6.53. The summed E-state index contributed by atoms with van der Waals surface area (Å²) in [4.78, 5) is 4.25. The van der Waals surface area contributed by atoms with Crippen LogP contribution in [-0.4, -0.2) is 4.98 Å². The topological polar surface area (TPSA) is 50.9 Å². The lowest BCUT2D eigenvalue weighted by molar-refractivity contribution is 0.687. The number of anilines is 3.